The summed E-state index contributed by atoms with van der Waals surface area (Å²) in [6, 6.07) is 9.66. The Morgan fingerprint density at radius 3 is 2.24 bits per heavy atom. The third kappa shape index (κ3) is 6.17. The van der Waals surface area contributed by atoms with Crippen molar-refractivity contribution in [3.05, 3.63) is 47.7 Å². The number of hydrogen-bond donors (Lipinski definition) is 0. The van der Waals surface area contributed by atoms with Crippen molar-refractivity contribution in [2.75, 3.05) is 13.2 Å². The quantitative estimate of drug-likeness (QED) is 0.440. The van der Waals surface area contributed by atoms with Gasteiger partial charge in [0.15, 0.2) is 5.92 Å². The minimum absolute atomic E-state index is 0.141. The highest BCUT2D eigenvalue weighted by Gasteiger charge is 2.44. The van der Waals surface area contributed by atoms with E-state index in [2.05, 4.69) is 6.92 Å². The lowest BCUT2D eigenvalue weighted by Gasteiger charge is -2.33. The molecule has 1 aromatic carbocycles. The van der Waals surface area contributed by atoms with Gasteiger partial charge in [-0.2, -0.15) is 0 Å². The van der Waals surface area contributed by atoms with Gasteiger partial charge in [0.1, 0.15) is 0 Å². The van der Waals surface area contributed by atoms with Crippen LogP contribution in [0, 0.1) is 11.8 Å². The van der Waals surface area contributed by atoms with E-state index in [1.807, 2.05) is 36.5 Å². The second kappa shape index (κ2) is 11.4. The molecule has 2 rings (SSSR count). The Labute approximate surface area is 172 Å². The van der Waals surface area contributed by atoms with Gasteiger partial charge >= 0.3 is 11.9 Å². The van der Waals surface area contributed by atoms with Crippen LogP contribution in [0.3, 0.4) is 0 Å². The van der Waals surface area contributed by atoms with Crippen LogP contribution in [0.2, 0.25) is 0 Å². The first-order valence-electron chi connectivity index (χ1n) is 10.4. The van der Waals surface area contributed by atoms with E-state index in [1.54, 1.807) is 18.7 Å². The largest absolute Gasteiger partial charge is 0.465 e. The van der Waals surface area contributed by atoms with Crippen LogP contribution in [-0.2, 0) is 30.4 Å². The highest BCUT2D eigenvalue weighted by atomic mass is 16.6. The average molecular weight is 402 g/mol. The van der Waals surface area contributed by atoms with Crippen molar-refractivity contribution >= 4 is 17.8 Å². The zero-order valence-electron chi connectivity index (χ0n) is 17.6. The molecule has 0 saturated heterocycles. The predicted octanol–water partition coefficient (Wildman–Crippen LogP) is 3.85. The SMILES string of the molecule is CCCCC1=CN(Cc2ccccc2)C(=O)C(C(C(=O)OCC)C(=O)OCC)C1. The average Bonchev–Trinajstić information content (AvgIpc) is 2.71. The summed E-state index contributed by atoms with van der Waals surface area (Å²) >= 11 is 0. The van der Waals surface area contributed by atoms with E-state index in [1.165, 1.54) is 0 Å². The fourth-order valence-corrected chi connectivity index (χ4v) is 3.54. The minimum Gasteiger partial charge on any atom is -0.465 e. The highest BCUT2D eigenvalue weighted by Crippen LogP contribution is 2.33. The zero-order chi connectivity index (χ0) is 21.2. The molecule has 6 nitrogen and oxygen atoms in total. The van der Waals surface area contributed by atoms with Crippen LogP contribution in [0.25, 0.3) is 0 Å². The third-order valence-electron chi connectivity index (χ3n) is 4.95. The summed E-state index contributed by atoms with van der Waals surface area (Å²) in [7, 11) is 0. The Morgan fingerprint density at radius 2 is 1.69 bits per heavy atom. The van der Waals surface area contributed by atoms with Crippen molar-refractivity contribution in [2.45, 2.75) is 53.0 Å². The number of rotatable bonds is 10. The maximum Gasteiger partial charge on any atom is 0.321 e. The molecule has 1 atom stereocenters. The van der Waals surface area contributed by atoms with Crippen LogP contribution in [-0.4, -0.2) is 36.0 Å². The smallest absolute Gasteiger partial charge is 0.321 e. The van der Waals surface area contributed by atoms with Crippen molar-refractivity contribution in [3.8, 4) is 0 Å². The number of amides is 1. The van der Waals surface area contributed by atoms with Gasteiger partial charge in [-0.3, -0.25) is 14.4 Å². The van der Waals surface area contributed by atoms with Gasteiger partial charge in [0.25, 0.3) is 0 Å². The standard InChI is InChI=1S/C23H31NO5/c1-4-7-11-18-14-19(20(22(26)28-5-2)23(27)29-6-3)21(25)24(16-18)15-17-12-9-8-10-13-17/h8-10,12-13,16,19-20H,4-7,11,14-15H2,1-3H3. The number of carbonyl (C=O) groups is 3. The Bertz CT molecular complexity index is 710. The van der Waals surface area contributed by atoms with E-state index in [4.69, 9.17) is 9.47 Å². The minimum atomic E-state index is -1.24. The summed E-state index contributed by atoms with van der Waals surface area (Å²) in [6.07, 6.45) is 5.08. The first kappa shape index (κ1) is 22.7. The first-order chi connectivity index (χ1) is 14.0. The van der Waals surface area contributed by atoms with E-state index in [0.29, 0.717) is 13.0 Å². The van der Waals surface area contributed by atoms with E-state index < -0.39 is 23.8 Å². The second-order valence-electron chi connectivity index (χ2n) is 7.14. The molecule has 0 aliphatic carbocycles. The van der Waals surface area contributed by atoms with Crippen LogP contribution in [0.15, 0.2) is 42.1 Å². The lowest BCUT2D eigenvalue weighted by Crippen LogP contribution is -2.45. The van der Waals surface area contributed by atoms with Gasteiger partial charge in [0.2, 0.25) is 5.91 Å². The Hall–Kier alpha value is -2.63. The molecule has 0 N–H and O–H groups in total. The fourth-order valence-electron chi connectivity index (χ4n) is 3.54. The molecule has 1 heterocycles. The Balaban J connectivity index is 2.34. The van der Waals surface area contributed by atoms with Gasteiger partial charge in [-0.15, -0.1) is 0 Å². The lowest BCUT2D eigenvalue weighted by molar-refractivity contribution is -0.168. The topological polar surface area (TPSA) is 72.9 Å². The molecule has 1 amide bonds. The highest BCUT2D eigenvalue weighted by molar-refractivity contribution is 6.00. The number of benzene rings is 1. The molecule has 29 heavy (non-hydrogen) atoms. The van der Waals surface area contributed by atoms with E-state index in [0.717, 1.165) is 30.4 Å². The van der Waals surface area contributed by atoms with Crippen LogP contribution in [0.5, 0.6) is 0 Å². The van der Waals surface area contributed by atoms with Crippen molar-refractivity contribution < 1.29 is 23.9 Å². The van der Waals surface area contributed by atoms with E-state index >= 15 is 0 Å². The maximum absolute atomic E-state index is 13.3. The van der Waals surface area contributed by atoms with Crippen LogP contribution in [0.1, 0.15) is 52.0 Å². The number of allylic oxidation sites excluding steroid dienone is 1. The van der Waals surface area contributed by atoms with E-state index in [9.17, 15) is 14.4 Å². The molecular formula is C23H31NO5. The zero-order valence-corrected chi connectivity index (χ0v) is 17.6. The van der Waals surface area contributed by atoms with E-state index in [-0.39, 0.29) is 19.1 Å². The van der Waals surface area contributed by atoms with Crippen molar-refractivity contribution in [1.29, 1.82) is 0 Å². The fraction of sp³-hybridized carbons (Fsp3) is 0.522. The van der Waals surface area contributed by atoms with Crippen molar-refractivity contribution in [3.63, 3.8) is 0 Å². The third-order valence-corrected chi connectivity index (χ3v) is 4.95. The molecule has 0 fully saturated rings. The number of unbranched alkanes of at least 4 members (excludes halogenated alkanes) is 1. The van der Waals surface area contributed by atoms with Crippen LogP contribution in [0.4, 0.5) is 0 Å². The summed E-state index contributed by atoms with van der Waals surface area (Å²) < 4.78 is 10.2. The molecule has 1 aromatic rings. The molecule has 6 heteroatoms. The molecule has 1 unspecified atom stereocenters. The van der Waals surface area contributed by atoms with Gasteiger partial charge in [-0.05, 0) is 38.7 Å². The molecule has 1 aliphatic rings. The molecule has 0 saturated carbocycles. The lowest BCUT2D eigenvalue weighted by atomic mass is 9.82. The number of ether oxygens (including phenoxy) is 2. The monoisotopic (exact) mass is 401 g/mol. The molecule has 1 aliphatic heterocycles. The predicted molar refractivity (Wildman–Crippen MR) is 109 cm³/mol. The number of nitrogens with zero attached hydrogens (tertiary/aromatic N) is 1. The summed E-state index contributed by atoms with van der Waals surface area (Å²) in [4.78, 5) is 40.1. The summed E-state index contributed by atoms with van der Waals surface area (Å²) in [6.45, 7) is 6.13. The molecule has 0 radical (unpaired) electrons. The first-order valence-corrected chi connectivity index (χ1v) is 10.4. The van der Waals surface area contributed by atoms with Gasteiger partial charge in [-0.25, -0.2) is 0 Å². The summed E-state index contributed by atoms with van der Waals surface area (Å²) in [5.74, 6) is -3.69. The van der Waals surface area contributed by atoms with Gasteiger partial charge in [0.05, 0.1) is 25.7 Å². The Kier molecular flexibility index (Phi) is 8.90. The van der Waals surface area contributed by atoms with Gasteiger partial charge < -0.3 is 14.4 Å². The number of esters is 2. The molecular weight excluding hydrogens is 370 g/mol. The maximum atomic E-state index is 13.3. The van der Waals surface area contributed by atoms with Crippen molar-refractivity contribution in [1.82, 2.24) is 4.90 Å². The van der Waals surface area contributed by atoms with Crippen LogP contribution >= 0.6 is 0 Å². The molecule has 0 spiro atoms. The summed E-state index contributed by atoms with van der Waals surface area (Å²) in [5, 5.41) is 0. The van der Waals surface area contributed by atoms with Gasteiger partial charge in [-0.1, -0.05) is 49.2 Å². The Morgan fingerprint density at radius 1 is 1.07 bits per heavy atom. The van der Waals surface area contributed by atoms with Gasteiger partial charge in [0, 0.05) is 6.20 Å². The van der Waals surface area contributed by atoms with Crippen molar-refractivity contribution in [2.24, 2.45) is 11.8 Å². The normalized spacial score (nSPS) is 16.6. The summed E-state index contributed by atoms with van der Waals surface area (Å²) in [5.41, 5.74) is 2.04. The second-order valence-corrected chi connectivity index (χ2v) is 7.14. The number of carbonyl (C=O) groups excluding carboxylic acids is 3. The molecule has 0 aromatic heterocycles. The molecule has 158 valence electrons. The number of hydrogen-bond acceptors (Lipinski definition) is 5. The molecule has 0 bridgehead atoms. The van der Waals surface area contributed by atoms with Crippen LogP contribution < -0.4 is 0 Å².